The fourth-order valence-corrected chi connectivity index (χ4v) is 37.3. The Morgan fingerprint density at radius 3 is 1.36 bits per heavy atom. The Hall–Kier alpha value is -1.17. The van der Waals surface area contributed by atoms with Gasteiger partial charge in [-0.2, -0.15) is 0 Å². The van der Waals surface area contributed by atoms with E-state index < -0.39 is 31.0 Å². The molecule has 4 rings (SSSR count). The van der Waals surface area contributed by atoms with Crippen LogP contribution < -0.4 is 15.6 Å². The lowest BCUT2D eigenvalue weighted by Crippen LogP contribution is -2.74. The number of hydrogen-bond donors (Lipinski definition) is 0. The number of hydrogen-bond acceptors (Lipinski definition) is 1. The van der Waals surface area contributed by atoms with E-state index in [1.807, 2.05) is 0 Å². The fourth-order valence-electron chi connectivity index (χ4n) is 6.42. The highest BCUT2D eigenvalue weighted by atomic mass is 32.7. The third kappa shape index (κ3) is 3.92. The van der Waals surface area contributed by atoms with Gasteiger partial charge in [-0.05, 0) is 13.2 Å². The Labute approximate surface area is 210 Å². The zero-order chi connectivity index (χ0) is 23.9. The molecule has 1 unspecified atom stereocenters. The minimum atomic E-state index is -1.91. The average molecular weight is 521 g/mol. The van der Waals surface area contributed by atoms with Crippen molar-refractivity contribution in [3.63, 3.8) is 0 Å². The van der Waals surface area contributed by atoms with Crippen LogP contribution in [-0.4, -0.2) is 33.5 Å². The smallest absolute Gasteiger partial charge is 0.157 e. The normalized spacial score (nSPS) is 17.9. The molecular weight excluding hydrogens is 484 g/mol. The molecule has 0 bridgehead atoms. The van der Waals surface area contributed by atoms with Gasteiger partial charge < -0.3 is 12.2 Å². The standard InChI is InChI=1S/C28H37PSSi3/c1-31(2,24-16-10-7-11-17-24)27-22-23-28(29(27)30,32(3,4)25-18-12-8-13-19-25)33(5,6)26-20-14-9-15-21-26/h7-21H,22-23H2,1-6H3. The zero-order valence-corrected chi connectivity index (χ0v) is 25.6. The van der Waals surface area contributed by atoms with E-state index in [1.54, 1.807) is 20.5 Å². The van der Waals surface area contributed by atoms with Gasteiger partial charge in [0.2, 0.25) is 0 Å². The minimum absolute atomic E-state index is 0.266. The van der Waals surface area contributed by atoms with Crippen molar-refractivity contribution in [3.8, 4) is 0 Å². The Bertz CT molecular complexity index is 1090. The number of benzene rings is 3. The van der Waals surface area contributed by atoms with Crippen LogP contribution in [0.4, 0.5) is 0 Å². The lowest BCUT2D eigenvalue weighted by atomic mass is 10.3. The van der Waals surface area contributed by atoms with Crippen LogP contribution in [0.2, 0.25) is 39.3 Å². The van der Waals surface area contributed by atoms with Crippen LogP contribution in [0.3, 0.4) is 0 Å². The summed E-state index contributed by atoms with van der Waals surface area (Å²) in [6.07, 6.45) is 2.51. The van der Waals surface area contributed by atoms with Gasteiger partial charge in [-0.25, -0.2) is 0 Å². The molecule has 3 aromatic rings. The van der Waals surface area contributed by atoms with Gasteiger partial charge in [0.05, 0.1) is 9.32 Å². The van der Waals surface area contributed by atoms with Gasteiger partial charge in [-0.1, -0.05) is 146 Å². The molecule has 33 heavy (non-hydrogen) atoms. The van der Waals surface area contributed by atoms with Crippen molar-refractivity contribution in [2.45, 2.75) is 56.5 Å². The third-order valence-corrected chi connectivity index (χ3v) is 35.7. The maximum absolute atomic E-state index is 6.83. The molecule has 3 aromatic carbocycles. The molecule has 1 heterocycles. The summed E-state index contributed by atoms with van der Waals surface area (Å²) in [6, 6.07) is 34.2. The Balaban J connectivity index is 1.99. The molecule has 0 spiro atoms. The topological polar surface area (TPSA) is 0 Å². The summed E-state index contributed by atoms with van der Waals surface area (Å²) in [7, 11) is -5.60. The second-order valence-corrected chi connectivity index (χ2v) is 29.6. The first-order valence-corrected chi connectivity index (χ1v) is 23.4. The van der Waals surface area contributed by atoms with E-state index in [9.17, 15) is 0 Å². The molecule has 1 aliphatic rings. The summed E-state index contributed by atoms with van der Waals surface area (Å²) in [4.78, 5) is 1.78. The van der Waals surface area contributed by atoms with Crippen LogP contribution >= 0.6 is 6.75 Å². The maximum atomic E-state index is 6.83. The molecule has 172 valence electrons. The second-order valence-electron chi connectivity index (χ2n) is 11.1. The quantitative estimate of drug-likeness (QED) is 0.215. The van der Waals surface area contributed by atoms with Crippen molar-refractivity contribution in [3.05, 3.63) is 91.0 Å². The lowest BCUT2D eigenvalue weighted by Gasteiger charge is -2.50. The van der Waals surface area contributed by atoms with E-state index in [4.69, 9.17) is 12.2 Å². The van der Waals surface area contributed by atoms with Crippen LogP contribution in [0.1, 0.15) is 12.8 Å². The van der Waals surface area contributed by atoms with Gasteiger partial charge in [0.1, 0.15) is 16.1 Å². The van der Waals surface area contributed by atoms with E-state index in [0.717, 1.165) is 0 Å². The van der Waals surface area contributed by atoms with Gasteiger partial charge in [-0.15, -0.1) is 0 Å². The van der Waals surface area contributed by atoms with Gasteiger partial charge in [0, 0.05) is 6.42 Å². The highest BCUT2D eigenvalue weighted by molar-refractivity contribution is 8.35. The van der Waals surface area contributed by atoms with Crippen LogP contribution in [0, 0.1) is 0 Å². The van der Waals surface area contributed by atoms with Crippen molar-refractivity contribution < 1.29 is 0 Å². The first-order chi connectivity index (χ1) is 15.6. The predicted octanol–water partition coefficient (Wildman–Crippen LogP) is 6.10. The minimum Gasteiger partial charge on any atom is -0.494 e. The first kappa shape index (κ1) is 24.9. The van der Waals surface area contributed by atoms with Crippen molar-refractivity contribution in [1.82, 2.24) is 0 Å². The fraction of sp³-hybridized carbons (Fsp3) is 0.321. The van der Waals surface area contributed by atoms with Crippen molar-refractivity contribution in [2.24, 2.45) is 0 Å². The Kier molecular flexibility index (Phi) is 6.90. The molecule has 0 aliphatic carbocycles. The summed E-state index contributed by atoms with van der Waals surface area (Å²) < 4.78 is 0.266. The van der Waals surface area contributed by atoms with Crippen molar-refractivity contribution in [2.75, 3.05) is 0 Å². The van der Waals surface area contributed by atoms with Crippen LogP contribution in [0.15, 0.2) is 91.0 Å². The van der Waals surface area contributed by atoms with Gasteiger partial charge >= 0.3 is 0 Å². The largest absolute Gasteiger partial charge is 0.494 e. The van der Waals surface area contributed by atoms with E-state index in [0.29, 0.717) is 0 Å². The lowest BCUT2D eigenvalue weighted by molar-refractivity contribution is 0.883. The van der Waals surface area contributed by atoms with Crippen LogP contribution in [0.25, 0.3) is 0 Å². The van der Waals surface area contributed by atoms with E-state index in [1.165, 1.54) is 12.8 Å². The van der Waals surface area contributed by atoms with Gasteiger partial charge in [-0.3, -0.25) is 0 Å². The molecule has 1 atom stereocenters. The Morgan fingerprint density at radius 2 is 0.970 bits per heavy atom. The molecule has 0 saturated heterocycles. The highest BCUT2D eigenvalue weighted by Gasteiger charge is 2.66. The molecule has 0 fully saturated rings. The molecule has 0 amide bonds. The molecule has 0 saturated carbocycles. The Morgan fingerprint density at radius 1 is 0.606 bits per heavy atom. The summed E-state index contributed by atoms with van der Waals surface area (Å²) in [5, 5.41) is 4.71. The van der Waals surface area contributed by atoms with Crippen LogP contribution in [0.5, 0.6) is 0 Å². The third-order valence-electron chi connectivity index (χ3n) is 8.59. The zero-order valence-electron chi connectivity index (χ0n) is 20.9. The maximum Gasteiger partial charge on any atom is 0.157 e. The molecule has 5 heteroatoms. The van der Waals surface area contributed by atoms with E-state index in [-0.39, 0.29) is 4.40 Å². The molecule has 0 radical (unpaired) electrons. The first-order valence-electron chi connectivity index (χ1n) is 12.1. The predicted molar refractivity (Wildman–Crippen MR) is 162 cm³/mol. The second kappa shape index (κ2) is 9.13. The molecular formula is C28H37PSSi3. The average Bonchev–Trinajstić information content (AvgIpc) is 3.20. The van der Waals surface area contributed by atoms with Crippen molar-refractivity contribution >= 4 is 63.7 Å². The SMILES string of the molecule is C[Si](C)(C1=[P+]([S-])C([Si](C)(C)c2ccccc2)([Si](C)(C)c2ccccc2)CC1)c1ccccc1. The number of rotatable bonds is 6. The van der Waals surface area contributed by atoms with E-state index in [2.05, 4.69) is 130 Å². The van der Waals surface area contributed by atoms with Gasteiger partial charge in [0.15, 0.2) is 8.07 Å². The summed E-state index contributed by atoms with van der Waals surface area (Å²) >= 11 is 6.83. The van der Waals surface area contributed by atoms with Gasteiger partial charge in [0.25, 0.3) is 0 Å². The molecule has 0 N–H and O–H groups in total. The highest BCUT2D eigenvalue weighted by Crippen LogP contribution is 2.59. The monoisotopic (exact) mass is 520 g/mol. The summed E-state index contributed by atoms with van der Waals surface area (Å²) in [5.41, 5.74) is 0. The van der Waals surface area contributed by atoms with E-state index >= 15 is 0 Å². The molecule has 0 aromatic heterocycles. The summed E-state index contributed by atoms with van der Waals surface area (Å²) in [6.45, 7) is 15.1. The summed E-state index contributed by atoms with van der Waals surface area (Å²) in [5.74, 6) is 0. The van der Waals surface area contributed by atoms with Crippen molar-refractivity contribution in [1.29, 1.82) is 0 Å². The molecule has 0 nitrogen and oxygen atoms in total. The van der Waals surface area contributed by atoms with Crippen LogP contribution in [-0.2, 0) is 12.2 Å². The molecule has 1 aliphatic heterocycles.